The SMILES string of the molecule is CNCc1cn(C)c(=O)n1C. The molecule has 0 fully saturated rings. The summed E-state index contributed by atoms with van der Waals surface area (Å²) in [6, 6.07) is 0. The van der Waals surface area contributed by atoms with Crippen LogP contribution in [0, 0.1) is 0 Å². The van der Waals surface area contributed by atoms with E-state index in [1.165, 1.54) is 0 Å². The van der Waals surface area contributed by atoms with Crippen LogP contribution in [0.3, 0.4) is 0 Å². The Labute approximate surface area is 65.5 Å². The second-order valence-electron chi connectivity index (χ2n) is 2.60. The van der Waals surface area contributed by atoms with Gasteiger partial charge in [-0.1, -0.05) is 0 Å². The number of aromatic nitrogens is 2. The second kappa shape index (κ2) is 2.92. The van der Waals surface area contributed by atoms with E-state index in [4.69, 9.17) is 0 Å². The Kier molecular flexibility index (Phi) is 2.14. The highest BCUT2D eigenvalue weighted by molar-refractivity contribution is 4.98. The van der Waals surface area contributed by atoms with Gasteiger partial charge in [0.15, 0.2) is 0 Å². The number of imidazole rings is 1. The minimum Gasteiger partial charge on any atom is -0.314 e. The lowest BCUT2D eigenvalue weighted by atomic mass is 10.5. The minimum absolute atomic E-state index is 0.0234. The van der Waals surface area contributed by atoms with Gasteiger partial charge in [-0.2, -0.15) is 0 Å². The summed E-state index contributed by atoms with van der Waals surface area (Å²) in [4.78, 5) is 11.2. The van der Waals surface area contributed by atoms with Crippen LogP contribution in [0.4, 0.5) is 0 Å². The van der Waals surface area contributed by atoms with Crippen LogP contribution in [-0.4, -0.2) is 16.2 Å². The van der Waals surface area contributed by atoms with Crippen molar-refractivity contribution in [3.05, 3.63) is 22.4 Å². The zero-order chi connectivity index (χ0) is 8.43. The van der Waals surface area contributed by atoms with Gasteiger partial charge in [-0.3, -0.25) is 4.57 Å². The molecular formula is C7H13N3O. The molecule has 4 nitrogen and oxygen atoms in total. The van der Waals surface area contributed by atoms with Crippen LogP contribution in [0.2, 0.25) is 0 Å². The maximum atomic E-state index is 11.2. The standard InChI is InChI=1S/C7H13N3O/c1-8-4-6-5-9(2)7(11)10(6)3/h5,8H,4H2,1-3H3. The van der Waals surface area contributed by atoms with E-state index in [1.807, 2.05) is 13.2 Å². The Balaban J connectivity index is 3.08. The molecule has 0 aliphatic carbocycles. The first kappa shape index (κ1) is 8.07. The summed E-state index contributed by atoms with van der Waals surface area (Å²) in [5.74, 6) is 0. The number of nitrogens with one attached hydrogen (secondary N) is 1. The topological polar surface area (TPSA) is 39.0 Å². The first-order valence-corrected chi connectivity index (χ1v) is 3.52. The third kappa shape index (κ3) is 1.35. The third-order valence-corrected chi connectivity index (χ3v) is 1.72. The molecule has 1 rings (SSSR count). The van der Waals surface area contributed by atoms with Crippen LogP contribution in [0.1, 0.15) is 5.69 Å². The zero-order valence-corrected chi connectivity index (χ0v) is 7.09. The van der Waals surface area contributed by atoms with Gasteiger partial charge in [0.25, 0.3) is 0 Å². The van der Waals surface area contributed by atoms with Gasteiger partial charge in [-0.05, 0) is 7.05 Å². The summed E-state index contributed by atoms with van der Waals surface area (Å²) >= 11 is 0. The van der Waals surface area contributed by atoms with Gasteiger partial charge in [-0.15, -0.1) is 0 Å². The molecule has 11 heavy (non-hydrogen) atoms. The van der Waals surface area contributed by atoms with Crippen molar-refractivity contribution in [3.63, 3.8) is 0 Å². The predicted octanol–water partition coefficient (Wildman–Crippen LogP) is -0.557. The van der Waals surface area contributed by atoms with Gasteiger partial charge in [-0.25, -0.2) is 4.79 Å². The lowest BCUT2D eigenvalue weighted by molar-refractivity contribution is 0.710. The van der Waals surface area contributed by atoms with E-state index in [9.17, 15) is 4.79 Å². The highest BCUT2D eigenvalue weighted by atomic mass is 16.1. The normalized spacial score (nSPS) is 10.5. The maximum Gasteiger partial charge on any atom is 0.327 e. The fraction of sp³-hybridized carbons (Fsp3) is 0.571. The summed E-state index contributed by atoms with van der Waals surface area (Å²) in [5.41, 5.74) is 1.02. The van der Waals surface area contributed by atoms with Crippen molar-refractivity contribution >= 4 is 0 Å². The van der Waals surface area contributed by atoms with Crippen molar-refractivity contribution in [2.45, 2.75) is 6.54 Å². The van der Waals surface area contributed by atoms with Crippen LogP contribution in [0.25, 0.3) is 0 Å². The molecule has 1 N–H and O–H groups in total. The molecule has 0 radical (unpaired) electrons. The highest BCUT2D eigenvalue weighted by Gasteiger charge is 2.02. The number of aryl methyl sites for hydroxylation is 1. The molecule has 0 amide bonds. The molecule has 1 heterocycles. The molecule has 1 aromatic rings. The van der Waals surface area contributed by atoms with Crippen molar-refractivity contribution in [1.82, 2.24) is 14.5 Å². The summed E-state index contributed by atoms with van der Waals surface area (Å²) in [6.07, 6.45) is 1.83. The lowest BCUT2D eigenvalue weighted by Gasteiger charge is -1.97. The molecule has 0 aromatic carbocycles. The molecule has 0 unspecified atom stereocenters. The van der Waals surface area contributed by atoms with Crippen molar-refractivity contribution < 1.29 is 0 Å². The average Bonchev–Trinajstić information content (AvgIpc) is 2.19. The van der Waals surface area contributed by atoms with Crippen molar-refractivity contribution in [3.8, 4) is 0 Å². The van der Waals surface area contributed by atoms with Crippen LogP contribution < -0.4 is 11.0 Å². The maximum absolute atomic E-state index is 11.2. The highest BCUT2D eigenvalue weighted by Crippen LogP contribution is 1.91. The summed E-state index contributed by atoms with van der Waals surface area (Å²) in [7, 11) is 5.38. The Bertz CT molecular complexity index is 297. The van der Waals surface area contributed by atoms with Crippen molar-refractivity contribution in [2.75, 3.05) is 7.05 Å². The van der Waals surface area contributed by atoms with Gasteiger partial charge < -0.3 is 9.88 Å². The molecule has 0 saturated carbocycles. The Morgan fingerprint density at radius 2 is 2.18 bits per heavy atom. The molecule has 4 heteroatoms. The predicted molar refractivity (Wildman–Crippen MR) is 43.4 cm³/mol. The third-order valence-electron chi connectivity index (χ3n) is 1.72. The van der Waals surface area contributed by atoms with E-state index < -0.39 is 0 Å². The van der Waals surface area contributed by atoms with Crippen molar-refractivity contribution in [2.24, 2.45) is 14.1 Å². The first-order valence-electron chi connectivity index (χ1n) is 3.52. The van der Waals surface area contributed by atoms with E-state index in [0.717, 1.165) is 12.2 Å². The minimum atomic E-state index is 0.0234. The summed E-state index contributed by atoms with van der Waals surface area (Å²) < 4.78 is 3.21. The van der Waals surface area contributed by atoms with Gasteiger partial charge in [0.2, 0.25) is 0 Å². The smallest absolute Gasteiger partial charge is 0.314 e. The molecule has 0 spiro atoms. The first-order chi connectivity index (χ1) is 5.16. The molecule has 0 atom stereocenters. The fourth-order valence-corrected chi connectivity index (χ4v) is 1.07. The van der Waals surface area contributed by atoms with Gasteiger partial charge >= 0.3 is 5.69 Å². The number of hydrogen-bond acceptors (Lipinski definition) is 2. The molecule has 62 valence electrons. The molecule has 1 aromatic heterocycles. The fourth-order valence-electron chi connectivity index (χ4n) is 1.07. The monoisotopic (exact) mass is 155 g/mol. The van der Waals surface area contributed by atoms with Crippen LogP contribution >= 0.6 is 0 Å². The van der Waals surface area contributed by atoms with Crippen LogP contribution in [0.5, 0.6) is 0 Å². The van der Waals surface area contributed by atoms with Gasteiger partial charge in [0, 0.05) is 26.8 Å². The molecular weight excluding hydrogens is 142 g/mol. The van der Waals surface area contributed by atoms with Gasteiger partial charge in [0.05, 0.1) is 5.69 Å². The van der Waals surface area contributed by atoms with Gasteiger partial charge in [0.1, 0.15) is 0 Å². The summed E-state index contributed by atoms with van der Waals surface area (Å²) in [6.45, 7) is 0.729. The zero-order valence-electron chi connectivity index (χ0n) is 7.09. The number of nitrogens with zero attached hydrogens (tertiary/aromatic N) is 2. The number of rotatable bonds is 2. The second-order valence-corrected chi connectivity index (χ2v) is 2.60. The van der Waals surface area contributed by atoms with E-state index in [0.29, 0.717) is 0 Å². The number of hydrogen-bond donors (Lipinski definition) is 1. The quantitative estimate of drug-likeness (QED) is 0.622. The molecule has 0 saturated heterocycles. The van der Waals surface area contributed by atoms with Crippen molar-refractivity contribution in [1.29, 1.82) is 0 Å². The lowest BCUT2D eigenvalue weighted by Crippen LogP contribution is -2.21. The molecule has 0 aliphatic rings. The van der Waals surface area contributed by atoms with E-state index in [-0.39, 0.29) is 5.69 Å². The Morgan fingerprint density at radius 3 is 2.55 bits per heavy atom. The van der Waals surface area contributed by atoms with Crippen LogP contribution in [-0.2, 0) is 20.6 Å². The summed E-state index contributed by atoms with van der Waals surface area (Å²) in [5, 5.41) is 2.99. The van der Waals surface area contributed by atoms with E-state index in [1.54, 1.807) is 23.2 Å². The Hall–Kier alpha value is -1.03. The molecule has 0 bridgehead atoms. The van der Waals surface area contributed by atoms with E-state index in [2.05, 4.69) is 5.32 Å². The largest absolute Gasteiger partial charge is 0.327 e. The van der Waals surface area contributed by atoms with Crippen LogP contribution in [0.15, 0.2) is 11.0 Å². The van der Waals surface area contributed by atoms with E-state index >= 15 is 0 Å². The molecule has 0 aliphatic heterocycles. The Morgan fingerprint density at radius 1 is 1.55 bits per heavy atom. The average molecular weight is 155 g/mol.